The van der Waals surface area contributed by atoms with Crippen molar-refractivity contribution in [1.29, 1.82) is 0 Å². The van der Waals surface area contributed by atoms with Crippen LogP contribution >= 0.6 is 0 Å². The van der Waals surface area contributed by atoms with Crippen molar-refractivity contribution in [3.8, 4) is 11.4 Å². The second kappa shape index (κ2) is 4.17. The van der Waals surface area contributed by atoms with E-state index in [0.717, 1.165) is 5.56 Å². The molecule has 1 aromatic carbocycles. The number of hydrogen-bond acceptors (Lipinski definition) is 5. The summed E-state index contributed by atoms with van der Waals surface area (Å²) in [7, 11) is 0. The highest BCUT2D eigenvalue weighted by Crippen LogP contribution is 2.25. The van der Waals surface area contributed by atoms with Gasteiger partial charge < -0.3 is 4.52 Å². The third-order valence-electron chi connectivity index (χ3n) is 2.29. The van der Waals surface area contributed by atoms with Crippen molar-refractivity contribution >= 4 is 11.8 Å². The second-order valence-corrected chi connectivity index (χ2v) is 3.42. The number of aromatic nitrogens is 2. The van der Waals surface area contributed by atoms with E-state index in [9.17, 15) is 10.1 Å². The average molecular weight is 231 g/mol. The smallest absolute Gasteiger partial charge is 0.270 e. The van der Waals surface area contributed by atoms with Crippen molar-refractivity contribution < 1.29 is 9.45 Å². The summed E-state index contributed by atoms with van der Waals surface area (Å²) in [6.07, 6.45) is 1.42. The SMILES string of the molecule is C=Cc1nc(-c2cc([N+](=O)[O-])ccc2C)no1. The van der Waals surface area contributed by atoms with Gasteiger partial charge in [-0.2, -0.15) is 4.98 Å². The number of nitro groups is 1. The van der Waals surface area contributed by atoms with Gasteiger partial charge in [-0.1, -0.05) is 17.8 Å². The van der Waals surface area contributed by atoms with Crippen LogP contribution in [0.4, 0.5) is 5.69 Å². The van der Waals surface area contributed by atoms with Crippen LogP contribution < -0.4 is 0 Å². The zero-order chi connectivity index (χ0) is 12.4. The molecule has 2 aromatic rings. The lowest BCUT2D eigenvalue weighted by atomic mass is 10.1. The Labute approximate surface area is 96.7 Å². The van der Waals surface area contributed by atoms with E-state index in [2.05, 4.69) is 16.7 Å². The van der Waals surface area contributed by atoms with Gasteiger partial charge in [0.25, 0.3) is 5.69 Å². The van der Waals surface area contributed by atoms with E-state index in [4.69, 9.17) is 4.52 Å². The topological polar surface area (TPSA) is 82.1 Å². The van der Waals surface area contributed by atoms with Gasteiger partial charge in [0, 0.05) is 17.7 Å². The third kappa shape index (κ3) is 2.05. The Kier molecular flexibility index (Phi) is 2.70. The third-order valence-corrected chi connectivity index (χ3v) is 2.29. The maximum Gasteiger partial charge on any atom is 0.270 e. The molecule has 0 aliphatic heterocycles. The highest BCUT2D eigenvalue weighted by Gasteiger charge is 2.14. The maximum atomic E-state index is 10.7. The molecule has 0 bridgehead atoms. The molecule has 0 spiro atoms. The van der Waals surface area contributed by atoms with E-state index < -0.39 is 4.92 Å². The Morgan fingerprint density at radius 1 is 1.53 bits per heavy atom. The van der Waals surface area contributed by atoms with Gasteiger partial charge in [0.15, 0.2) is 0 Å². The van der Waals surface area contributed by atoms with Crippen LogP contribution in [0.2, 0.25) is 0 Å². The fraction of sp³-hybridized carbons (Fsp3) is 0.0909. The summed E-state index contributed by atoms with van der Waals surface area (Å²) < 4.78 is 4.87. The summed E-state index contributed by atoms with van der Waals surface area (Å²) in [4.78, 5) is 14.3. The van der Waals surface area contributed by atoms with Crippen molar-refractivity contribution in [2.24, 2.45) is 0 Å². The molecular formula is C11H9N3O3. The first kappa shape index (κ1) is 11.0. The van der Waals surface area contributed by atoms with E-state index in [1.165, 1.54) is 18.2 Å². The molecule has 0 amide bonds. The molecule has 2 rings (SSSR count). The minimum Gasteiger partial charge on any atom is -0.334 e. The van der Waals surface area contributed by atoms with E-state index in [0.29, 0.717) is 11.4 Å². The van der Waals surface area contributed by atoms with Gasteiger partial charge in [0.2, 0.25) is 11.7 Å². The van der Waals surface area contributed by atoms with Crippen molar-refractivity contribution in [2.45, 2.75) is 6.92 Å². The molecule has 0 unspecified atom stereocenters. The monoisotopic (exact) mass is 231 g/mol. The summed E-state index contributed by atoms with van der Waals surface area (Å²) in [5.74, 6) is 0.604. The molecular weight excluding hydrogens is 222 g/mol. The molecule has 1 aromatic heterocycles. The lowest BCUT2D eigenvalue weighted by Crippen LogP contribution is -1.91. The number of nitro benzene ring substituents is 1. The first-order chi connectivity index (χ1) is 8.11. The molecule has 1 heterocycles. The van der Waals surface area contributed by atoms with Crippen LogP contribution in [-0.4, -0.2) is 15.1 Å². The van der Waals surface area contributed by atoms with Gasteiger partial charge in [-0.25, -0.2) is 0 Å². The molecule has 0 aliphatic carbocycles. The van der Waals surface area contributed by atoms with Crippen LogP contribution in [0.1, 0.15) is 11.5 Å². The molecule has 0 saturated heterocycles. The standard InChI is InChI=1S/C11H9N3O3/c1-3-10-12-11(13-17-10)9-6-8(14(15)16)5-4-7(9)2/h3-6H,1H2,2H3. The van der Waals surface area contributed by atoms with Gasteiger partial charge in [-0.15, -0.1) is 0 Å². The number of hydrogen-bond donors (Lipinski definition) is 0. The Balaban J connectivity index is 2.53. The number of nitrogens with zero attached hydrogens (tertiary/aromatic N) is 3. The lowest BCUT2D eigenvalue weighted by molar-refractivity contribution is -0.384. The average Bonchev–Trinajstić information content (AvgIpc) is 2.77. The largest absolute Gasteiger partial charge is 0.334 e. The van der Waals surface area contributed by atoms with Crippen molar-refractivity contribution in [2.75, 3.05) is 0 Å². The minimum absolute atomic E-state index is 0.00412. The quantitative estimate of drug-likeness (QED) is 0.598. The molecule has 0 N–H and O–H groups in total. The van der Waals surface area contributed by atoms with Gasteiger partial charge in [0.05, 0.1) is 4.92 Å². The summed E-state index contributed by atoms with van der Waals surface area (Å²) in [6, 6.07) is 4.51. The predicted octanol–water partition coefficient (Wildman–Crippen LogP) is 2.60. The van der Waals surface area contributed by atoms with Crippen molar-refractivity contribution in [1.82, 2.24) is 10.1 Å². The number of benzene rings is 1. The molecule has 17 heavy (non-hydrogen) atoms. The van der Waals surface area contributed by atoms with Crippen LogP contribution in [0, 0.1) is 17.0 Å². The van der Waals surface area contributed by atoms with E-state index in [-0.39, 0.29) is 11.6 Å². The Morgan fingerprint density at radius 3 is 2.88 bits per heavy atom. The van der Waals surface area contributed by atoms with Gasteiger partial charge >= 0.3 is 0 Å². The van der Waals surface area contributed by atoms with Crippen LogP contribution in [0.25, 0.3) is 17.5 Å². The normalized spacial score (nSPS) is 10.2. The molecule has 6 heteroatoms. The first-order valence-corrected chi connectivity index (χ1v) is 4.83. The first-order valence-electron chi connectivity index (χ1n) is 4.83. The second-order valence-electron chi connectivity index (χ2n) is 3.42. The summed E-state index contributed by atoms with van der Waals surface area (Å²) in [5, 5.41) is 14.4. The molecule has 0 saturated carbocycles. The lowest BCUT2D eigenvalue weighted by Gasteiger charge is -1.99. The van der Waals surface area contributed by atoms with E-state index in [1.54, 1.807) is 6.07 Å². The van der Waals surface area contributed by atoms with E-state index >= 15 is 0 Å². The molecule has 0 fully saturated rings. The van der Waals surface area contributed by atoms with Gasteiger partial charge in [0.1, 0.15) is 0 Å². The van der Waals surface area contributed by atoms with Crippen LogP contribution in [0.15, 0.2) is 29.3 Å². The fourth-order valence-corrected chi connectivity index (χ4v) is 1.39. The molecule has 6 nitrogen and oxygen atoms in total. The predicted molar refractivity (Wildman–Crippen MR) is 61.2 cm³/mol. The van der Waals surface area contributed by atoms with Crippen LogP contribution in [0.5, 0.6) is 0 Å². The highest BCUT2D eigenvalue weighted by molar-refractivity contribution is 5.63. The zero-order valence-electron chi connectivity index (χ0n) is 9.08. The summed E-state index contributed by atoms with van der Waals surface area (Å²) in [5.41, 5.74) is 1.42. The molecule has 86 valence electrons. The summed E-state index contributed by atoms with van der Waals surface area (Å²) >= 11 is 0. The van der Waals surface area contributed by atoms with Crippen molar-refractivity contribution in [3.05, 3.63) is 46.3 Å². The minimum atomic E-state index is -0.461. The van der Waals surface area contributed by atoms with Gasteiger partial charge in [-0.3, -0.25) is 10.1 Å². The number of non-ortho nitro benzene ring substituents is 1. The molecule has 0 aliphatic rings. The van der Waals surface area contributed by atoms with Crippen LogP contribution in [-0.2, 0) is 0 Å². The zero-order valence-corrected chi connectivity index (χ0v) is 9.08. The maximum absolute atomic E-state index is 10.7. The Bertz CT molecular complexity index is 589. The fourth-order valence-electron chi connectivity index (χ4n) is 1.39. The number of rotatable bonds is 3. The van der Waals surface area contributed by atoms with Crippen LogP contribution in [0.3, 0.4) is 0 Å². The van der Waals surface area contributed by atoms with E-state index in [1.807, 2.05) is 6.92 Å². The molecule has 0 atom stereocenters. The summed E-state index contributed by atoms with van der Waals surface area (Å²) in [6.45, 7) is 5.32. The molecule has 0 radical (unpaired) electrons. The Morgan fingerprint density at radius 2 is 2.29 bits per heavy atom. The number of aryl methyl sites for hydroxylation is 1. The van der Waals surface area contributed by atoms with Gasteiger partial charge in [-0.05, 0) is 18.6 Å². The van der Waals surface area contributed by atoms with Crippen molar-refractivity contribution in [3.63, 3.8) is 0 Å². The highest BCUT2D eigenvalue weighted by atomic mass is 16.6. The Hall–Kier alpha value is -2.50.